The normalized spacial score (nSPS) is 15.4. The van der Waals surface area contributed by atoms with E-state index in [2.05, 4.69) is 209 Å². The minimum absolute atomic E-state index is 0.0247. The molecule has 1 heterocycles. The minimum Gasteiger partial charge on any atom is -0.456 e. The van der Waals surface area contributed by atoms with E-state index in [1.54, 1.807) is 0 Å². The van der Waals surface area contributed by atoms with Crippen molar-refractivity contribution in [3.8, 4) is 44.5 Å². The fraction of sp³-hybridized carbons (Fsp3) is 0.133. The van der Waals surface area contributed by atoms with Gasteiger partial charge < -0.3 is 9.32 Å². The van der Waals surface area contributed by atoms with Crippen molar-refractivity contribution in [2.45, 2.75) is 51.4 Å². The fourth-order valence-corrected chi connectivity index (χ4v) is 10.8. The number of anilines is 2. The maximum atomic E-state index is 6.29. The Bertz CT molecular complexity index is 3340. The largest absolute Gasteiger partial charge is 0.456 e. The van der Waals surface area contributed by atoms with Crippen LogP contribution in [0.3, 0.4) is 0 Å². The molecular formula is C60H47NO. The Labute approximate surface area is 364 Å². The number of furan rings is 1. The molecule has 0 N–H and O–H groups in total. The molecule has 0 radical (unpaired) electrons. The molecule has 0 amide bonds. The first kappa shape index (κ1) is 36.7. The molecule has 0 saturated heterocycles. The molecule has 0 saturated carbocycles. The second-order valence-corrected chi connectivity index (χ2v) is 18.5. The van der Waals surface area contributed by atoms with E-state index in [1.807, 2.05) is 12.1 Å². The van der Waals surface area contributed by atoms with Gasteiger partial charge in [-0.15, -0.1) is 0 Å². The van der Waals surface area contributed by atoms with E-state index in [0.717, 1.165) is 51.6 Å². The van der Waals surface area contributed by atoms with Crippen molar-refractivity contribution in [2.75, 3.05) is 4.90 Å². The van der Waals surface area contributed by atoms with E-state index in [4.69, 9.17) is 4.42 Å². The average Bonchev–Trinajstić information content (AvgIpc) is 3.88. The number of allylic oxidation sites excluding steroid dienone is 4. The summed E-state index contributed by atoms with van der Waals surface area (Å²) in [6.45, 7) is 9.51. The van der Waals surface area contributed by atoms with Crippen molar-refractivity contribution in [3.63, 3.8) is 0 Å². The highest BCUT2D eigenvalue weighted by molar-refractivity contribution is 6.06. The Kier molecular flexibility index (Phi) is 8.09. The zero-order valence-corrected chi connectivity index (χ0v) is 35.7. The van der Waals surface area contributed by atoms with Crippen molar-refractivity contribution < 1.29 is 4.42 Å². The molecule has 8 aromatic carbocycles. The topological polar surface area (TPSA) is 16.4 Å². The molecule has 9 aromatic rings. The molecule has 0 spiro atoms. The quantitative estimate of drug-likeness (QED) is 0.167. The number of hydrogen-bond acceptors (Lipinski definition) is 2. The van der Waals surface area contributed by atoms with Crippen LogP contribution in [0.5, 0.6) is 0 Å². The molecule has 12 rings (SSSR count). The van der Waals surface area contributed by atoms with Crippen LogP contribution in [0.25, 0.3) is 72.0 Å². The molecule has 3 aliphatic carbocycles. The Morgan fingerprint density at radius 1 is 0.387 bits per heavy atom. The number of nitrogens with zero attached hydrogens (tertiary/aromatic N) is 1. The summed E-state index contributed by atoms with van der Waals surface area (Å²) in [5.41, 5.74) is 23.8. The molecule has 1 aromatic heterocycles. The van der Waals surface area contributed by atoms with Crippen molar-refractivity contribution in [1.82, 2.24) is 0 Å². The minimum atomic E-state index is -0.161. The molecule has 0 aliphatic heterocycles. The van der Waals surface area contributed by atoms with Crippen molar-refractivity contribution in [2.24, 2.45) is 0 Å². The van der Waals surface area contributed by atoms with E-state index in [-0.39, 0.29) is 10.8 Å². The van der Waals surface area contributed by atoms with Crippen LogP contribution >= 0.6 is 0 Å². The van der Waals surface area contributed by atoms with E-state index in [9.17, 15) is 0 Å². The smallest absolute Gasteiger partial charge is 0.136 e. The molecule has 2 nitrogen and oxygen atoms in total. The van der Waals surface area contributed by atoms with Gasteiger partial charge in [-0.1, -0.05) is 155 Å². The van der Waals surface area contributed by atoms with Crippen molar-refractivity contribution in [1.29, 1.82) is 0 Å². The summed E-state index contributed by atoms with van der Waals surface area (Å²) in [6, 6.07) is 65.0. The monoisotopic (exact) mass is 797 g/mol. The Morgan fingerprint density at radius 2 is 0.935 bits per heavy atom. The maximum Gasteiger partial charge on any atom is 0.136 e. The predicted molar refractivity (Wildman–Crippen MR) is 260 cm³/mol. The standard InChI is InChI=1S/C60H47NO/c1-59(2)53-16-10-8-14-47(53)48-30-23-42(35-54(48)59)39-18-25-44(26-19-39)61(45-27-20-40(21-28-45)43-24-32-52-51-15-9-11-17-57(51)62-58(52)36-43)46-29-33-50-49-31-22-41(38-12-6-5-7-13-38)34-55(49)60(3,4)56(50)37-46/h5-18,20-25,27-37H,19,26H2,1-4H3. The lowest BCUT2D eigenvalue weighted by Gasteiger charge is -2.31. The summed E-state index contributed by atoms with van der Waals surface area (Å²) in [7, 11) is 0. The summed E-state index contributed by atoms with van der Waals surface area (Å²) in [5, 5.41) is 2.30. The van der Waals surface area contributed by atoms with Gasteiger partial charge in [0.1, 0.15) is 11.2 Å². The van der Waals surface area contributed by atoms with Crippen LogP contribution in [-0.4, -0.2) is 0 Å². The van der Waals surface area contributed by atoms with Crippen LogP contribution in [0, 0.1) is 0 Å². The predicted octanol–water partition coefficient (Wildman–Crippen LogP) is 16.4. The van der Waals surface area contributed by atoms with Gasteiger partial charge in [0, 0.05) is 38.7 Å². The molecule has 0 unspecified atom stereocenters. The maximum absolute atomic E-state index is 6.29. The highest BCUT2D eigenvalue weighted by Crippen LogP contribution is 2.53. The number of rotatable bonds is 6. The van der Waals surface area contributed by atoms with Crippen molar-refractivity contribution >= 4 is 38.9 Å². The Morgan fingerprint density at radius 3 is 1.71 bits per heavy atom. The zero-order valence-electron chi connectivity index (χ0n) is 35.7. The van der Waals surface area contributed by atoms with Crippen LogP contribution in [0.4, 0.5) is 11.4 Å². The highest BCUT2D eigenvalue weighted by Gasteiger charge is 2.37. The number of hydrogen-bond donors (Lipinski definition) is 0. The molecule has 2 heteroatoms. The van der Waals surface area contributed by atoms with Gasteiger partial charge in [-0.25, -0.2) is 0 Å². The number of benzene rings is 8. The summed E-state index contributed by atoms with van der Waals surface area (Å²) >= 11 is 0. The summed E-state index contributed by atoms with van der Waals surface area (Å²) in [5.74, 6) is 0. The third-order valence-electron chi connectivity index (χ3n) is 14.2. The summed E-state index contributed by atoms with van der Waals surface area (Å²) < 4.78 is 6.29. The van der Waals surface area contributed by atoms with E-state index >= 15 is 0 Å². The molecule has 62 heavy (non-hydrogen) atoms. The second kappa shape index (κ2) is 13.7. The van der Waals surface area contributed by atoms with Gasteiger partial charge in [0.25, 0.3) is 0 Å². The molecular weight excluding hydrogens is 751 g/mol. The van der Waals surface area contributed by atoms with Crippen LogP contribution in [0.1, 0.15) is 68.4 Å². The molecule has 3 aliphatic rings. The number of para-hydroxylation sites is 1. The number of fused-ring (bicyclic) bond motifs is 9. The Hall–Kier alpha value is -7.16. The van der Waals surface area contributed by atoms with Crippen LogP contribution in [0.2, 0.25) is 0 Å². The lowest BCUT2D eigenvalue weighted by atomic mass is 9.81. The highest BCUT2D eigenvalue weighted by atomic mass is 16.3. The van der Waals surface area contributed by atoms with Gasteiger partial charge in [-0.2, -0.15) is 0 Å². The van der Waals surface area contributed by atoms with Gasteiger partial charge in [0.05, 0.1) is 0 Å². The summed E-state index contributed by atoms with van der Waals surface area (Å²) in [4.78, 5) is 2.50. The first-order valence-electron chi connectivity index (χ1n) is 22.0. The van der Waals surface area contributed by atoms with Gasteiger partial charge in [0.15, 0.2) is 0 Å². The molecule has 0 fully saturated rings. The Balaban J connectivity index is 0.932. The second-order valence-electron chi connectivity index (χ2n) is 18.5. The van der Waals surface area contributed by atoms with Crippen LogP contribution in [0.15, 0.2) is 198 Å². The lowest BCUT2D eigenvalue weighted by Crippen LogP contribution is -2.20. The lowest BCUT2D eigenvalue weighted by molar-refractivity contribution is 0.660. The molecule has 0 atom stereocenters. The van der Waals surface area contributed by atoms with Gasteiger partial charge in [-0.3, -0.25) is 0 Å². The first-order chi connectivity index (χ1) is 30.2. The fourth-order valence-electron chi connectivity index (χ4n) is 10.8. The SMILES string of the molecule is CC1(C)c2ccccc2-c2ccc(C3=CC=C(N(c4ccc(-c5ccc6c(c5)oc5ccccc56)cc4)c4ccc5c(c4)C(C)(C)c4cc(-c6ccccc6)ccc4-5)CC3)cc21. The third kappa shape index (κ3) is 5.63. The summed E-state index contributed by atoms with van der Waals surface area (Å²) in [6.07, 6.45) is 6.64. The van der Waals surface area contributed by atoms with Gasteiger partial charge >= 0.3 is 0 Å². The van der Waals surface area contributed by atoms with E-state index in [1.165, 1.54) is 78.2 Å². The van der Waals surface area contributed by atoms with Crippen LogP contribution in [-0.2, 0) is 10.8 Å². The van der Waals surface area contributed by atoms with E-state index < -0.39 is 0 Å². The third-order valence-corrected chi connectivity index (χ3v) is 14.2. The zero-order chi connectivity index (χ0) is 41.7. The molecule has 298 valence electrons. The average molecular weight is 798 g/mol. The van der Waals surface area contributed by atoms with Crippen LogP contribution < -0.4 is 4.90 Å². The van der Waals surface area contributed by atoms with Crippen molar-refractivity contribution in [3.05, 3.63) is 222 Å². The first-order valence-corrected chi connectivity index (χ1v) is 22.0. The van der Waals surface area contributed by atoms with Gasteiger partial charge in [-0.05, 0) is 151 Å². The molecule has 0 bridgehead atoms. The van der Waals surface area contributed by atoms with E-state index in [0.29, 0.717) is 0 Å². The van der Waals surface area contributed by atoms with Gasteiger partial charge in [0.2, 0.25) is 0 Å².